The largest absolute Gasteiger partial charge is 0.301 e. The van der Waals surface area contributed by atoms with Crippen molar-refractivity contribution in [2.24, 2.45) is 5.10 Å². The number of aryl methyl sites for hydroxylation is 1. The van der Waals surface area contributed by atoms with Crippen molar-refractivity contribution in [1.29, 1.82) is 0 Å². The average Bonchev–Trinajstić information content (AvgIpc) is 2.56. The Morgan fingerprint density at radius 3 is 2.33 bits per heavy atom. The summed E-state index contributed by atoms with van der Waals surface area (Å²) in [5.74, 6) is 0. The van der Waals surface area contributed by atoms with Crippen molar-refractivity contribution >= 4 is 38.7 Å². The van der Waals surface area contributed by atoms with Crippen LogP contribution in [0, 0.1) is 27.2 Å². The Bertz CT molecular complexity index is 806. The van der Waals surface area contributed by atoms with Crippen molar-refractivity contribution in [3.63, 3.8) is 0 Å². The van der Waals surface area contributed by atoms with Gasteiger partial charge in [0.2, 0.25) is 0 Å². The van der Waals surface area contributed by atoms with Gasteiger partial charge in [-0.15, -0.1) is 0 Å². The molecule has 1 N–H and O–H groups in total. The van der Waals surface area contributed by atoms with Crippen LogP contribution in [0.4, 0.5) is 17.1 Å². The van der Waals surface area contributed by atoms with E-state index in [2.05, 4.69) is 26.5 Å². The molecule has 0 heterocycles. The van der Waals surface area contributed by atoms with Gasteiger partial charge in [0, 0.05) is 11.4 Å². The van der Waals surface area contributed by atoms with Gasteiger partial charge in [-0.25, -0.2) is 0 Å². The lowest BCUT2D eigenvalue weighted by Gasteiger charge is -2.06. The highest BCUT2D eigenvalue weighted by Crippen LogP contribution is 2.29. The molecule has 0 amide bonds. The zero-order valence-electron chi connectivity index (χ0n) is 12.6. The second-order valence-corrected chi connectivity index (χ2v) is 5.45. The fourth-order valence-corrected chi connectivity index (χ4v) is 2.37. The van der Waals surface area contributed by atoms with E-state index in [9.17, 15) is 20.2 Å². The second kappa shape index (κ2) is 7.64. The van der Waals surface area contributed by atoms with Gasteiger partial charge in [-0.05, 0) is 18.6 Å². The van der Waals surface area contributed by atoms with Gasteiger partial charge in [0.25, 0.3) is 5.69 Å². The third-order valence-electron chi connectivity index (χ3n) is 3.21. The fourth-order valence-electron chi connectivity index (χ4n) is 1.92. The molecule has 0 unspecified atom stereocenters. The molecule has 0 saturated heterocycles. The van der Waals surface area contributed by atoms with Crippen LogP contribution in [0.2, 0.25) is 0 Å². The Morgan fingerprint density at radius 1 is 1.12 bits per heavy atom. The number of anilines is 1. The molecule has 8 nitrogen and oxygen atoms in total. The fraction of sp³-hybridized carbons (Fsp3) is 0.133. The lowest BCUT2D eigenvalue weighted by molar-refractivity contribution is -0.393. The maximum atomic E-state index is 11.1. The Morgan fingerprint density at radius 2 is 1.79 bits per heavy atom. The summed E-state index contributed by atoms with van der Waals surface area (Å²) in [4.78, 5) is 20.5. The van der Waals surface area contributed by atoms with Crippen molar-refractivity contribution in [2.45, 2.75) is 6.92 Å². The molecule has 9 heteroatoms. The maximum Gasteiger partial charge on any atom is 0.301 e. The number of halogens is 1. The van der Waals surface area contributed by atoms with Gasteiger partial charge < -0.3 is 0 Å². The van der Waals surface area contributed by atoms with E-state index in [1.165, 1.54) is 12.1 Å². The molecule has 0 atom stereocenters. The highest BCUT2D eigenvalue weighted by molar-refractivity contribution is 9.09. The third kappa shape index (κ3) is 4.13. The van der Waals surface area contributed by atoms with Gasteiger partial charge in [0.05, 0.1) is 21.6 Å². The molecular formula is C15H13BrN4O4. The van der Waals surface area contributed by atoms with Crippen molar-refractivity contribution < 1.29 is 9.85 Å². The van der Waals surface area contributed by atoms with E-state index in [-0.39, 0.29) is 11.4 Å². The Balaban J connectivity index is 2.33. The average molecular weight is 393 g/mol. The van der Waals surface area contributed by atoms with Crippen molar-refractivity contribution in [1.82, 2.24) is 0 Å². The predicted octanol–water partition coefficient (Wildman–Crippen LogP) is 4.02. The summed E-state index contributed by atoms with van der Waals surface area (Å²) in [7, 11) is 0. The van der Waals surface area contributed by atoms with E-state index in [0.717, 1.165) is 17.2 Å². The molecule has 2 rings (SSSR count). The summed E-state index contributed by atoms with van der Waals surface area (Å²) in [6.45, 7) is 1.97. The number of hydrazone groups is 1. The van der Waals surface area contributed by atoms with Crippen LogP contribution in [0.15, 0.2) is 47.6 Å². The van der Waals surface area contributed by atoms with Gasteiger partial charge in [-0.3, -0.25) is 25.7 Å². The SMILES string of the molecule is Cc1ccc(/C(CBr)=N\Nc2ccc([N+](=O)[O-])cc2[N+](=O)[O-])cc1. The number of hydrogen-bond donors (Lipinski definition) is 1. The number of rotatable bonds is 6. The first-order valence-electron chi connectivity index (χ1n) is 6.80. The molecule has 0 aliphatic carbocycles. The lowest BCUT2D eigenvalue weighted by Crippen LogP contribution is -2.07. The second-order valence-electron chi connectivity index (χ2n) is 4.89. The molecule has 2 aromatic carbocycles. The van der Waals surface area contributed by atoms with E-state index < -0.39 is 15.5 Å². The highest BCUT2D eigenvalue weighted by atomic mass is 79.9. The van der Waals surface area contributed by atoms with E-state index in [4.69, 9.17) is 0 Å². The zero-order chi connectivity index (χ0) is 17.7. The summed E-state index contributed by atoms with van der Waals surface area (Å²) >= 11 is 3.33. The van der Waals surface area contributed by atoms with E-state index in [0.29, 0.717) is 11.0 Å². The van der Waals surface area contributed by atoms with Crippen molar-refractivity contribution in [3.05, 3.63) is 73.8 Å². The molecule has 0 radical (unpaired) electrons. The molecular weight excluding hydrogens is 380 g/mol. The van der Waals surface area contributed by atoms with Crippen LogP contribution in [0.3, 0.4) is 0 Å². The Labute approximate surface area is 145 Å². The van der Waals surface area contributed by atoms with E-state index in [1.54, 1.807) is 0 Å². The van der Waals surface area contributed by atoms with Gasteiger partial charge >= 0.3 is 5.69 Å². The minimum Gasteiger partial charge on any atom is -0.271 e. The quantitative estimate of drug-likeness (QED) is 0.345. The summed E-state index contributed by atoms with van der Waals surface area (Å²) in [5, 5.41) is 26.5. The topological polar surface area (TPSA) is 111 Å². The number of benzene rings is 2. The molecule has 2 aromatic rings. The molecule has 0 saturated carbocycles. The summed E-state index contributed by atoms with van der Waals surface area (Å²) < 4.78 is 0. The Kier molecular flexibility index (Phi) is 5.59. The number of hydrogen-bond acceptors (Lipinski definition) is 6. The number of nitro groups is 2. The van der Waals surface area contributed by atoms with Crippen LogP contribution in [-0.4, -0.2) is 20.9 Å². The number of nitrogens with zero attached hydrogens (tertiary/aromatic N) is 3. The molecule has 0 aliphatic heterocycles. The zero-order valence-corrected chi connectivity index (χ0v) is 14.2. The Hall–Kier alpha value is -2.81. The predicted molar refractivity (Wildman–Crippen MR) is 94.9 cm³/mol. The lowest BCUT2D eigenvalue weighted by atomic mass is 10.1. The molecule has 0 spiro atoms. The van der Waals surface area contributed by atoms with Gasteiger partial charge in [0.15, 0.2) is 0 Å². The first-order chi connectivity index (χ1) is 11.4. The molecule has 0 aliphatic rings. The van der Waals surface area contributed by atoms with Crippen molar-refractivity contribution in [2.75, 3.05) is 10.8 Å². The smallest absolute Gasteiger partial charge is 0.271 e. The van der Waals surface area contributed by atoms with Gasteiger partial charge in [0.1, 0.15) is 5.69 Å². The standard InChI is InChI=1S/C15H13BrN4O4/c1-10-2-4-11(5-3-10)14(9-16)18-17-13-7-6-12(19(21)22)8-15(13)20(23)24/h2-8,17H,9H2,1H3/b18-14-. The van der Waals surface area contributed by atoms with Crippen LogP contribution in [0.25, 0.3) is 0 Å². The van der Waals surface area contributed by atoms with Gasteiger partial charge in [-0.1, -0.05) is 45.8 Å². The minimum atomic E-state index is -0.690. The molecule has 124 valence electrons. The molecule has 0 aromatic heterocycles. The number of nitrogens with one attached hydrogen (secondary N) is 1. The number of nitro benzene ring substituents is 2. The summed E-state index contributed by atoms with van der Waals surface area (Å²) in [6, 6.07) is 11.0. The molecule has 0 fully saturated rings. The maximum absolute atomic E-state index is 11.1. The van der Waals surface area contributed by atoms with E-state index >= 15 is 0 Å². The molecule has 24 heavy (non-hydrogen) atoms. The van der Waals surface area contributed by atoms with Crippen LogP contribution in [0.1, 0.15) is 11.1 Å². The van der Waals surface area contributed by atoms with Crippen LogP contribution in [-0.2, 0) is 0 Å². The summed E-state index contributed by atoms with van der Waals surface area (Å²) in [6.07, 6.45) is 0. The normalized spacial score (nSPS) is 11.2. The minimum absolute atomic E-state index is 0.0798. The molecule has 0 bridgehead atoms. The van der Waals surface area contributed by atoms with Gasteiger partial charge in [-0.2, -0.15) is 5.10 Å². The monoisotopic (exact) mass is 392 g/mol. The first-order valence-corrected chi connectivity index (χ1v) is 7.93. The third-order valence-corrected chi connectivity index (χ3v) is 3.74. The van der Waals surface area contributed by atoms with Crippen LogP contribution >= 0.6 is 15.9 Å². The van der Waals surface area contributed by atoms with Crippen molar-refractivity contribution in [3.8, 4) is 0 Å². The number of non-ortho nitro benzene ring substituents is 1. The highest BCUT2D eigenvalue weighted by Gasteiger charge is 2.19. The van der Waals surface area contributed by atoms with E-state index in [1.807, 2.05) is 31.2 Å². The number of alkyl halides is 1. The summed E-state index contributed by atoms with van der Waals surface area (Å²) in [5.41, 5.74) is 4.54. The van der Waals surface area contributed by atoms with Crippen LogP contribution in [0.5, 0.6) is 0 Å². The first kappa shape index (κ1) is 17.5. The van der Waals surface area contributed by atoms with Crippen LogP contribution < -0.4 is 5.43 Å².